The zero-order valence-electron chi connectivity index (χ0n) is 7.42. The van der Waals surface area contributed by atoms with Crippen LogP contribution in [0.2, 0.25) is 0 Å². The number of hydrogen-bond acceptors (Lipinski definition) is 2. The maximum atomic E-state index is 5.11. The monoisotopic (exact) mass is 183 g/mol. The standard InChI is InChI=1S/C8H13N3S/c1-6-9-10-7(12)11(6)5-8(2)3-4-8/h3-5H2,1-2H3,(H,10,12). The van der Waals surface area contributed by atoms with Crippen LogP contribution in [-0.2, 0) is 6.54 Å². The Labute approximate surface area is 76.8 Å². The Bertz CT molecular complexity index is 345. The number of aryl methyl sites for hydroxylation is 1. The lowest BCUT2D eigenvalue weighted by Crippen LogP contribution is -2.09. The van der Waals surface area contributed by atoms with Crippen LogP contribution in [0.5, 0.6) is 0 Å². The minimum atomic E-state index is 0.493. The van der Waals surface area contributed by atoms with Gasteiger partial charge in [0.1, 0.15) is 5.82 Å². The van der Waals surface area contributed by atoms with Crippen LogP contribution in [0.15, 0.2) is 0 Å². The van der Waals surface area contributed by atoms with E-state index < -0.39 is 0 Å². The fraction of sp³-hybridized carbons (Fsp3) is 0.750. The third kappa shape index (κ3) is 1.31. The zero-order valence-corrected chi connectivity index (χ0v) is 8.24. The molecule has 1 fully saturated rings. The van der Waals surface area contributed by atoms with E-state index in [0.29, 0.717) is 5.41 Å². The van der Waals surface area contributed by atoms with E-state index in [1.54, 1.807) is 0 Å². The second-order valence-electron chi connectivity index (χ2n) is 3.97. The molecule has 0 atom stereocenters. The van der Waals surface area contributed by atoms with Crippen LogP contribution in [0.4, 0.5) is 0 Å². The zero-order chi connectivity index (χ0) is 8.77. The molecule has 12 heavy (non-hydrogen) atoms. The van der Waals surface area contributed by atoms with Gasteiger partial charge in [-0.2, -0.15) is 5.10 Å². The lowest BCUT2D eigenvalue weighted by Gasteiger charge is -2.09. The van der Waals surface area contributed by atoms with Crippen molar-refractivity contribution in [1.82, 2.24) is 14.8 Å². The molecular formula is C8H13N3S. The molecule has 66 valence electrons. The molecule has 0 unspecified atom stereocenters. The minimum absolute atomic E-state index is 0.493. The quantitative estimate of drug-likeness (QED) is 0.712. The van der Waals surface area contributed by atoms with Crippen molar-refractivity contribution in [3.8, 4) is 0 Å². The van der Waals surface area contributed by atoms with Gasteiger partial charge in [0.05, 0.1) is 0 Å². The molecule has 1 aliphatic rings. The van der Waals surface area contributed by atoms with Crippen LogP contribution in [0, 0.1) is 17.1 Å². The van der Waals surface area contributed by atoms with Crippen LogP contribution < -0.4 is 0 Å². The molecule has 2 rings (SSSR count). The van der Waals surface area contributed by atoms with E-state index >= 15 is 0 Å². The molecule has 1 N–H and O–H groups in total. The van der Waals surface area contributed by atoms with Crippen molar-refractivity contribution in [3.05, 3.63) is 10.6 Å². The minimum Gasteiger partial charge on any atom is -0.304 e. The van der Waals surface area contributed by atoms with Gasteiger partial charge in [0.25, 0.3) is 0 Å². The summed E-state index contributed by atoms with van der Waals surface area (Å²) in [5.74, 6) is 0.994. The molecule has 4 heteroatoms. The molecule has 1 aliphatic carbocycles. The van der Waals surface area contributed by atoms with Gasteiger partial charge in [-0.05, 0) is 37.4 Å². The third-order valence-corrected chi connectivity index (χ3v) is 2.90. The molecular weight excluding hydrogens is 170 g/mol. The van der Waals surface area contributed by atoms with Crippen molar-refractivity contribution in [2.75, 3.05) is 0 Å². The highest BCUT2D eigenvalue weighted by Gasteiger charge is 2.37. The van der Waals surface area contributed by atoms with Crippen molar-refractivity contribution in [1.29, 1.82) is 0 Å². The van der Waals surface area contributed by atoms with E-state index in [1.807, 2.05) is 6.92 Å². The Balaban J connectivity index is 2.27. The van der Waals surface area contributed by atoms with Gasteiger partial charge >= 0.3 is 0 Å². The van der Waals surface area contributed by atoms with E-state index in [1.165, 1.54) is 12.8 Å². The van der Waals surface area contributed by atoms with Crippen molar-refractivity contribution in [2.45, 2.75) is 33.2 Å². The summed E-state index contributed by atoms with van der Waals surface area (Å²) < 4.78 is 2.84. The van der Waals surface area contributed by atoms with E-state index in [9.17, 15) is 0 Å². The number of aromatic amines is 1. The number of aromatic nitrogens is 3. The Morgan fingerprint density at radius 3 is 2.75 bits per heavy atom. The normalized spacial score (nSPS) is 19.5. The molecule has 0 saturated heterocycles. The number of nitrogens with one attached hydrogen (secondary N) is 1. The first-order valence-electron chi connectivity index (χ1n) is 4.23. The summed E-state index contributed by atoms with van der Waals surface area (Å²) in [6.07, 6.45) is 2.64. The highest BCUT2D eigenvalue weighted by atomic mass is 32.1. The van der Waals surface area contributed by atoms with E-state index in [2.05, 4.69) is 21.7 Å². The molecule has 0 aliphatic heterocycles. The lowest BCUT2D eigenvalue weighted by molar-refractivity contribution is 0.454. The molecule has 1 saturated carbocycles. The predicted octanol–water partition coefficient (Wildman–Crippen LogP) is 2.05. The molecule has 0 radical (unpaired) electrons. The van der Waals surface area contributed by atoms with Gasteiger partial charge in [0, 0.05) is 6.54 Å². The van der Waals surface area contributed by atoms with E-state index in [0.717, 1.165) is 17.1 Å². The first kappa shape index (κ1) is 7.98. The number of rotatable bonds is 2. The SMILES string of the molecule is Cc1n[nH]c(=S)n1CC1(C)CC1. The van der Waals surface area contributed by atoms with Gasteiger partial charge in [-0.25, -0.2) is 0 Å². The first-order valence-corrected chi connectivity index (χ1v) is 4.63. The van der Waals surface area contributed by atoms with Crippen LogP contribution in [0.3, 0.4) is 0 Å². The Kier molecular flexibility index (Phi) is 1.61. The number of nitrogens with zero attached hydrogens (tertiary/aromatic N) is 2. The Morgan fingerprint density at radius 1 is 1.67 bits per heavy atom. The summed E-state index contributed by atoms with van der Waals surface area (Å²) in [6, 6.07) is 0. The van der Waals surface area contributed by atoms with E-state index in [-0.39, 0.29) is 0 Å². The molecule has 1 heterocycles. The molecule has 0 bridgehead atoms. The van der Waals surface area contributed by atoms with Crippen molar-refractivity contribution >= 4 is 12.2 Å². The fourth-order valence-corrected chi connectivity index (χ4v) is 1.58. The maximum Gasteiger partial charge on any atom is 0.195 e. The molecule has 0 aromatic carbocycles. The van der Waals surface area contributed by atoms with Crippen LogP contribution in [-0.4, -0.2) is 14.8 Å². The lowest BCUT2D eigenvalue weighted by atomic mass is 10.1. The summed E-state index contributed by atoms with van der Waals surface area (Å²) in [4.78, 5) is 0. The van der Waals surface area contributed by atoms with Crippen LogP contribution in [0.1, 0.15) is 25.6 Å². The number of hydrogen-bond donors (Lipinski definition) is 1. The summed E-state index contributed by atoms with van der Waals surface area (Å²) in [7, 11) is 0. The van der Waals surface area contributed by atoms with Crippen LogP contribution >= 0.6 is 12.2 Å². The molecule has 1 aromatic rings. The molecule has 0 spiro atoms. The topological polar surface area (TPSA) is 33.6 Å². The van der Waals surface area contributed by atoms with Gasteiger partial charge in [0.2, 0.25) is 0 Å². The second-order valence-corrected chi connectivity index (χ2v) is 4.36. The predicted molar refractivity (Wildman–Crippen MR) is 49.5 cm³/mol. The first-order chi connectivity index (χ1) is 5.61. The Hall–Kier alpha value is -0.640. The average Bonchev–Trinajstić information content (AvgIpc) is 2.67. The van der Waals surface area contributed by atoms with Gasteiger partial charge in [-0.1, -0.05) is 6.92 Å². The van der Waals surface area contributed by atoms with Crippen molar-refractivity contribution in [2.24, 2.45) is 5.41 Å². The second kappa shape index (κ2) is 2.42. The molecule has 3 nitrogen and oxygen atoms in total. The van der Waals surface area contributed by atoms with Crippen molar-refractivity contribution in [3.63, 3.8) is 0 Å². The van der Waals surface area contributed by atoms with E-state index in [4.69, 9.17) is 12.2 Å². The largest absolute Gasteiger partial charge is 0.304 e. The van der Waals surface area contributed by atoms with Crippen molar-refractivity contribution < 1.29 is 0 Å². The summed E-state index contributed by atoms with van der Waals surface area (Å²) >= 11 is 5.11. The smallest absolute Gasteiger partial charge is 0.195 e. The molecule has 0 amide bonds. The van der Waals surface area contributed by atoms with Crippen LogP contribution in [0.25, 0.3) is 0 Å². The number of H-pyrrole nitrogens is 1. The summed E-state index contributed by atoms with van der Waals surface area (Å²) in [5.41, 5.74) is 0.493. The Morgan fingerprint density at radius 2 is 2.33 bits per heavy atom. The molecule has 1 aromatic heterocycles. The van der Waals surface area contributed by atoms with Gasteiger partial charge in [0.15, 0.2) is 4.77 Å². The highest BCUT2D eigenvalue weighted by molar-refractivity contribution is 7.71. The highest BCUT2D eigenvalue weighted by Crippen LogP contribution is 2.46. The summed E-state index contributed by atoms with van der Waals surface area (Å²) in [5, 5.41) is 6.88. The van der Waals surface area contributed by atoms with Gasteiger partial charge < -0.3 is 4.57 Å². The summed E-state index contributed by atoms with van der Waals surface area (Å²) in [6.45, 7) is 5.30. The third-order valence-electron chi connectivity index (χ3n) is 2.59. The van der Waals surface area contributed by atoms with Gasteiger partial charge in [-0.15, -0.1) is 0 Å². The average molecular weight is 183 g/mol. The fourth-order valence-electron chi connectivity index (χ4n) is 1.34. The van der Waals surface area contributed by atoms with Gasteiger partial charge in [-0.3, -0.25) is 5.10 Å². The maximum absolute atomic E-state index is 5.11.